The maximum Gasteiger partial charge on any atom is 0.317 e. The molecule has 0 aromatic carbocycles. The Bertz CT molecular complexity index is 364. The number of halogens is 1. The minimum Gasteiger partial charge on any atom is -0.480 e. The largest absolute Gasteiger partial charge is 0.480 e. The second-order valence-electron chi connectivity index (χ2n) is 3.53. The Hall–Kier alpha value is -0.740. The van der Waals surface area contributed by atoms with E-state index in [1.54, 1.807) is 12.1 Å². The summed E-state index contributed by atoms with van der Waals surface area (Å²) in [5, 5.41) is 9.95. The van der Waals surface area contributed by atoms with E-state index in [1.807, 2.05) is 0 Å². The lowest BCUT2D eigenvalue weighted by atomic mass is 10.3. The van der Waals surface area contributed by atoms with Crippen molar-refractivity contribution < 1.29 is 9.90 Å². The SMILES string of the molecule is O=C(O)C(Sc1ccc(Cl)cn1)C1CC1. The summed E-state index contributed by atoms with van der Waals surface area (Å²) in [5.41, 5.74) is 0. The normalized spacial score (nSPS) is 17.4. The fraction of sp³-hybridized carbons (Fsp3) is 0.400. The number of carbonyl (C=O) groups is 1. The van der Waals surface area contributed by atoms with Gasteiger partial charge in [0.05, 0.1) is 10.0 Å². The fourth-order valence-electron chi connectivity index (χ4n) is 1.31. The first kappa shape index (κ1) is 10.8. The molecule has 1 aromatic heterocycles. The van der Waals surface area contributed by atoms with Gasteiger partial charge in [0.25, 0.3) is 0 Å². The summed E-state index contributed by atoms with van der Waals surface area (Å²) in [6.07, 6.45) is 3.56. The lowest BCUT2D eigenvalue weighted by Crippen LogP contribution is -2.18. The molecule has 1 aliphatic carbocycles. The van der Waals surface area contributed by atoms with Gasteiger partial charge in [0.2, 0.25) is 0 Å². The maximum absolute atomic E-state index is 11.0. The summed E-state index contributed by atoms with van der Waals surface area (Å²) in [4.78, 5) is 15.1. The Kier molecular flexibility index (Phi) is 3.17. The van der Waals surface area contributed by atoms with Crippen LogP contribution in [0.2, 0.25) is 5.02 Å². The van der Waals surface area contributed by atoms with Crippen LogP contribution >= 0.6 is 23.4 Å². The summed E-state index contributed by atoms with van der Waals surface area (Å²) in [5.74, 6) is -0.441. The summed E-state index contributed by atoms with van der Waals surface area (Å²) < 4.78 is 0. The smallest absolute Gasteiger partial charge is 0.317 e. The number of hydrogen-bond donors (Lipinski definition) is 1. The molecular weight excluding hydrogens is 234 g/mol. The standard InChI is InChI=1S/C10H10ClNO2S/c11-7-3-4-8(12-5-7)15-9(10(13)14)6-1-2-6/h3-6,9H,1-2H2,(H,13,14). The number of hydrogen-bond acceptors (Lipinski definition) is 3. The summed E-state index contributed by atoms with van der Waals surface area (Å²) in [6, 6.07) is 3.48. The van der Waals surface area contributed by atoms with Crippen molar-refractivity contribution in [3.05, 3.63) is 23.4 Å². The van der Waals surface area contributed by atoms with Crippen LogP contribution in [0.15, 0.2) is 23.4 Å². The van der Waals surface area contributed by atoms with Gasteiger partial charge in [0.15, 0.2) is 0 Å². The van der Waals surface area contributed by atoms with Gasteiger partial charge < -0.3 is 5.11 Å². The van der Waals surface area contributed by atoms with Crippen molar-refractivity contribution in [1.82, 2.24) is 4.98 Å². The molecule has 0 saturated heterocycles. The van der Waals surface area contributed by atoms with Crippen LogP contribution in [0.25, 0.3) is 0 Å². The van der Waals surface area contributed by atoms with Gasteiger partial charge in [-0.05, 0) is 30.9 Å². The van der Waals surface area contributed by atoms with Crippen LogP contribution in [0.3, 0.4) is 0 Å². The summed E-state index contributed by atoms with van der Waals surface area (Å²) in [7, 11) is 0. The molecule has 80 valence electrons. The third kappa shape index (κ3) is 2.86. The lowest BCUT2D eigenvalue weighted by molar-refractivity contribution is -0.136. The highest BCUT2D eigenvalue weighted by atomic mass is 35.5. The molecule has 0 spiro atoms. The third-order valence-corrected chi connectivity index (χ3v) is 3.79. The Morgan fingerprint density at radius 1 is 1.60 bits per heavy atom. The van der Waals surface area contributed by atoms with E-state index < -0.39 is 5.97 Å². The summed E-state index contributed by atoms with van der Waals surface area (Å²) >= 11 is 7.00. The van der Waals surface area contributed by atoms with Gasteiger partial charge in [-0.15, -0.1) is 0 Å². The lowest BCUT2D eigenvalue weighted by Gasteiger charge is -2.09. The van der Waals surface area contributed by atoms with Gasteiger partial charge in [0.1, 0.15) is 5.25 Å². The minimum absolute atomic E-state index is 0.310. The molecule has 1 fully saturated rings. The molecule has 3 nitrogen and oxygen atoms in total. The van der Waals surface area contributed by atoms with Crippen LogP contribution < -0.4 is 0 Å². The van der Waals surface area contributed by atoms with Crippen LogP contribution in [-0.2, 0) is 4.79 Å². The zero-order valence-electron chi connectivity index (χ0n) is 7.89. The highest BCUT2D eigenvalue weighted by Crippen LogP contribution is 2.41. The van der Waals surface area contributed by atoms with E-state index in [-0.39, 0.29) is 5.25 Å². The topological polar surface area (TPSA) is 50.2 Å². The molecule has 2 rings (SSSR count). The van der Waals surface area contributed by atoms with Gasteiger partial charge in [-0.1, -0.05) is 23.4 Å². The van der Waals surface area contributed by atoms with Gasteiger partial charge in [-0.3, -0.25) is 4.79 Å². The van der Waals surface area contributed by atoms with Crippen molar-refractivity contribution in [2.75, 3.05) is 0 Å². The van der Waals surface area contributed by atoms with Crippen molar-refractivity contribution >= 4 is 29.3 Å². The van der Waals surface area contributed by atoms with Gasteiger partial charge >= 0.3 is 5.97 Å². The molecule has 1 heterocycles. The Morgan fingerprint density at radius 3 is 2.80 bits per heavy atom. The zero-order chi connectivity index (χ0) is 10.8. The fourth-order valence-corrected chi connectivity index (χ4v) is 2.51. The number of pyridine rings is 1. The Morgan fingerprint density at radius 2 is 2.33 bits per heavy atom. The molecule has 0 aliphatic heterocycles. The molecule has 1 atom stereocenters. The Balaban J connectivity index is 2.05. The molecule has 1 unspecified atom stereocenters. The molecule has 1 N–H and O–H groups in total. The molecule has 15 heavy (non-hydrogen) atoms. The minimum atomic E-state index is -0.751. The zero-order valence-corrected chi connectivity index (χ0v) is 9.46. The number of rotatable bonds is 4. The second-order valence-corrected chi connectivity index (χ2v) is 5.13. The first-order chi connectivity index (χ1) is 7.16. The number of aromatic nitrogens is 1. The number of carboxylic acid groups (broad SMARTS) is 1. The number of nitrogens with zero attached hydrogens (tertiary/aromatic N) is 1. The van der Waals surface area contributed by atoms with E-state index in [4.69, 9.17) is 16.7 Å². The molecule has 0 amide bonds. The van der Waals surface area contributed by atoms with Crippen LogP contribution in [0, 0.1) is 5.92 Å². The molecule has 5 heteroatoms. The average Bonchev–Trinajstić information content (AvgIpc) is 3.00. The second kappa shape index (κ2) is 4.41. The Labute approximate surface area is 96.9 Å². The van der Waals surface area contributed by atoms with Crippen LogP contribution in [0.5, 0.6) is 0 Å². The maximum atomic E-state index is 11.0. The number of carboxylic acids is 1. The van der Waals surface area contributed by atoms with Crippen molar-refractivity contribution in [3.63, 3.8) is 0 Å². The van der Waals surface area contributed by atoms with E-state index in [0.29, 0.717) is 10.9 Å². The van der Waals surface area contributed by atoms with Crippen LogP contribution in [0.1, 0.15) is 12.8 Å². The molecule has 1 aliphatic rings. The van der Waals surface area contributed by atoms with E-state index >= 15 is 0 Å². The van der Waals surface area contributed by atoms with Crippen LogP contribution in [-0.4, -0.2) is 21.3 Å². The number of aliphatic carboxylic acids is 1. The average molecular weight is 244 g/mol. The van der Waals surface area contributed by atoms with E-state index in [1.165, 1.54) is 18.0 Å². The quantitative estimate of drug-likeness (QED) is 0.826. The third-order valence-electron chi connectivity index (χ3n) is 2.24. The number of thioether (sulfide) groups is 1. The van der Waals surface area contributed by atoms with Crippen molar-refractivity contribution in [3.8, 4) is 0 Å². The van der Waals surface area contributed by atoms with Gasteiger partial charge in [-0.2, -0.15) is 0 Å². The first-order valence-electron chi connectivity index (χ1n) is 4.68. The van der Waals surface area contributed by atoms with Gasteiger partial charge in [0, 0.05) is 6.20 Å². The molecule has 1 saturated carbocycles. The highest BCUT2D eigenvalue weighted by molar-refractivity contribution is 8.00. The molecule has 0 bridgehead atoms. The molecular formula is C10H10ClNO2S. The van der Waals surface area contributed by atoms with E-state index in [0.717, 1.165) is 17.9 Å². The molecule has 1 aromatic rings. The summed E-state index contributed by atoms with van der Waals surface area (Å²) in [6.45, 7) is 0. The predicted octanol–water partition coefficient (Wildman–Crippen LogP) is 2.69. The van der Waals surface area contributed by atoms with Crippen molar-refractivity contribution in [1.29, 1.82) is 0 Å². The predicted molar refractivity (Wildman–Crippen MR) is 59.3 cm³/mol. The highest BCUT2D eigenvalue weighted by Gasteiger charge is 2.37. The monoisotopic (exact) mass is 243 g/mol. The van der Waals surface area contributed by atoms with Crippen molar-refractivity contribution in [2.24, 2.45) is 5.92 Å². The van der Waals surface area contributed by atoms with Gasteiger partial charge in [-0.25, -0.2) is 4.98 Å². The van der Waals surface area contributed by atoms with E-state index in [9.17, 15) is 4.79 Å². The van der Waals surface area contributed by atoms with E-state index in [2.05, 4.69) is 4.98 Å². The molecule has 0 radical (unpaired) electrons. The van der Waals surface area contributed by atoms with Crippen molar-refractivity contribution in [2.45, 2.75) is 23.1 Å². The van der Waals surface area contributed by atoms with Crippen LogP contribution in [0.4, 0.5) is 0 Å². The first-order valence-corrected chi connectivity index (χ1v) is 5.93.